The first-order valence-electron chi connectivity index (χ1n) is 6.61. The van der Waals surface area contributed by atoms with Gasteiger partial charge in [-0.3, -0.25) is 4.98 Å². The third kappa shape index (κ3) is 2.72. The number of rotatable bonds is 4. The minimum absolute atomic E-state index is 0.366. The normalized spacial score (nSPS) is 24.1. The molecule has 1 aliphatic rings. The molecule has 0 radical (unpaired) electrons. The van der Waals surface area contributed by atoms with Gasteiger partial charge in [-0.15, -0.1) is 0 Å². The SMILES string of the molecule is CCC1CCN(c2cncc(OC)n2)C(CN)C1. The molecule has 2 N–H and O–H groups in total. The molecule has 1 saturated heterocycles. The summed E-state index contributed by atoms with van der Waals surface area (Å²) in [5, 5.41) is 0. The van der Waals surface area contributed by atoms with E-state index in [9.17, 15) is 0 Å². The van der Waals surface area contributed by atoms with Gasteiger partial charge in [0.25, 0.3) is 0 Å². The first-order valence-corrected chi connectivity index (χ1v) is 6.61. The molecular weight excluding hydrogens is 228 g/mol. The van der Waals surface area contributed by atoms with Crippen molar-refractivity contribution in [2.75, 3.05) is 25.1 Å². The van der Waals surface area contributed by atoms with Gasteiger partial charge in [-0.1, -0.05) is 13.3 Å². The van der Waals surface area contributed by atoms with Gasteiger partial charge < -0.3 is 15.4 Å². The van der Waals surface area contributed by atoms with E-state index in [4.69, 9.17) is 10.5 Å². The molecule has 0 amide bonds. The molecule has 2 unspecified atom stereocenters. The molecule has 5 nitrogen and oxygen atoms in total. The van der Waals surface area contributed by atoms with E-state index in [1.807, 2.05) is 0 Å². The molecule has 1 aromatic rings. The lowest BCUT2D eigenvalue weighted by Crippen LogP contribution is -2.47. The van der Waals surface area contributed by atoms with Crippen LogP contribution in [0.3, 0.4) is 0 Å². The molecule has 2 heterocycles. The highest BCUT2D eigenvalue weighted by molar-refractivity contribution is 5.39. The first-order chi connectivity index (χ1) is 8.78. The lowest BCUT2D eigenvalue weighted by atomic mass is 9.89. The second kappa shape index (κ2) is 6.00. The van der Waals surface area contributed by atoms with Gasteiger partial charge in [0.1, 0.15) is 0 Å². The van der Waals surface area contributed by atoms with E-state index in [2.05, 4.69) is 21.8 Å². The van der Waals surface area contributed by atoms with Crippen LogP contribution in [0.25, 0.3) is 0 Å². The molecular formula is C13H22N4O. The van der Waals surface area contributed by atoms with Crippen molar-refractivity contribution in [1.29, 1.82) is 0 Å². The number of piperidine rings is 1. The first kappa shape index (κ1) is 13.1. The molecule has 0 saturated carbocycles. The van der Waals surface area contributed by atoms with E-state index in [0.717, 1.165) is 24.7 Å². The molecule has 1 aromatic heterocycles. The van der Waals surface area contributed by atoms with Crippen LogP contribution in [0, 0.1) is 5.92 Å². The van der Waals surface area contributed by atoms with Crippen molar-refractivity contribution in [1.82, 2.24) is 9.97 Å². The predicted molar refractivity (Wildman–Crippen MR) is 71.8 cm³/mol. The molecule has 1 fully saturated rings. The average molecular weight is 250 g/mol. The number of nitrogens with zero attached hydrogens (tertiary/aromatic N) is 3. The summed E-state index contributed by atoms with van der Waals surface area (Å²) in [6, 6.07) is 0.366. The van der Waals surface area contributed by atoms with Crippen molar-refractivity contribution >= 4 is 5.82 Å². The fourth-order valence-corrected chi connectivity index (χ4v) is 2.61. The van der Waals surface area contributed by atoms with Gasteiger partial charge >= 0.3 is 0 Å². The maximum Gasteiger partial charge on any atom is 0.233 e. The van der Waals surface area contributed by atoms with Crippen LogP contribution in [-0.2, 0) is 0 Å². The van der Waals surface area contributed by atoms with E-state index in [-0.39, 0.29) is 0 Å². The molecule has 100 valence electrons. The van der Waals surface area contributed by atoms with Gasteiger partial charge in [0.15, 0.2) is 5.82 Å². The molecule has 18 heavy (non-hydrogen) atoms. The highest BCUT2D eigenvalue weighted by Gasteiger charge is 2.27. The second-order valence-corrected chi connectivity index (χ2v) is 4.80. The van der Waals surface area contributed by atoms with E-state index in [1.54, 1.807) is 19.5 Å². The summed E-state index contributed by atoms with van der Waals surface area (Å²) in [6.07, 6.45) is 6.99. The quantitative estimate of drug-likeness (QED) is 0.876. The smallest absolute Gasteiger partial charge is 0.233 e. The molecule has 5 heteroatoms. The lowest BCUT2D eigenvalue weighted by molar-refractivity contribution is 0.332. The second-order valence-electron chi connectivity index (χ2n) is 4.80. The number of hydrogen-bond donors (Lipinski definition) is 1. The average Bonchev–Trinajstić information content (AvgIpc) is 2.46. The highest BCUT2D eigenvalue weighted by Crippen LogP contribution is 2.28. The fourth-order valence-electron chi connectivity index (χ4n) is 2.61. The standard InChI is InChI=1S/C13H22N4O/c1-3-10-4-5-17(11(6-10)7-14)12-8-15-9-13(16-12)18-2/h8-11H,3-7,14H2,1-2H3. The molecule has 2 rings (SSSR count). The van der Waals surface area contributed by atoms with E-state index in [1.165, 1.54) is 12.8 Å². The van der Waals surface area contributed by atoms with E-state index < -0.39 is 0 Å². The minimum Gasteiger partial charge on any atom is -0.480 e. The molecule has 2 atom stereocenters. The van der Waals surface area contributed by atoms with Crippen LogP contribution in [0.5, 0.6) is 5.88 Å². The van der Waals surface area contributed by atoms with Gasteiger partial charge in [-0.2, -0.15) is 4.98 Å². The third-order valence-corrected chi connectivity index (χ3v) is 3.78. The maximum absolute atomic E-state index is 5.90. The van der Waals surface area contributed by atoms with Gasteiger partial charge in [0.2, 0.25) is 5.88 Å². The number of aromatic nitrogens is 2. The largest absolute Gasteiger partial charge is 0.480 e. The lowest BCUT2D eigenvalue weighted by Gasteiger charge is -2.39. The van der Waals surface area contributed by atoms with Crippen LogP contribution >= 0.6 is 0 Å². The van der Waals surface area contributed by atoms with Gasteiger partial charge in [-0.25, -0.2) is 0 Å². The van der Waals surface area contributed by atoms with E-state index >= 15 is 0 Å². The molecule has 1 aliphatic heterocycles. The number of hydrogen-bond acceptors (Lipinski definition) is 5. The van der Waals surface area contributed by atoms with Crippen LogP contribution < -0.4 is 15.4 Å². The Morgan fingerprint density at radius 3 is 3.00 bits per heavy atom. The summed E-state index contributed by atoms with van der Waals surface area (Å²) in [6.45, 7) is 3.91. The molecule has 0 spiro atoms. The summed E-state index contributed by atoms with van der Waals surface area (Å²) in [4.78, 5) is 10.9. The zero-order valence-corrected chi connectivity index (χ0v) is 11.2. The van der Waals surface area contributed by atoms with Crippen molar-refractivity contribution in [3.8, 4) is 5.88 Å². The van der Waals surface area contributed by atoms with Crippen molar-refractivity contribution in [3.63, 3.8) is 0 Å². The highest BCUT2D eigenvalue weighted by atomic mass is 16.5. The van der Waals surface area contributed by atoms with Crippen molar-refractivity contribution in [2.45, 2.75) is 32.2 Å². The Balaban J connectivity index is 2.15. The summed E-state index contributed by atoms with van der Waals surface area (Å²) >= 11 is 0. The number of methoxy groups -OCH3 is 1. The number of anilines is 1. The summed E-state index contributed by atoms with van der Waals surface area (Å²) in [5.41, 5.74) is 5.90. The van der Waals surface area contributed by atoms with Crippen LogP contribution in [0.4, 0.5) is 5.82 Å². The summed E-state index contributed by atoms with van der Waals surface area (Å²) < 4.78 is 5.13. The monoisotopic (exact) mass is 250 g/mol. The number of nitrogens with two attached hydrogens (primary N) is 1. The number of ether oxygens (including phenoxy) is 1. The third-order valence-electron chi connectivity index (χ3n) is 3.78. The maximum atomic E-state index is 5.90. The van der Waals surface area contributed by atoms with Crippen LogP contribution in [0.2, 0.25) is 0 Å². The Kier molecular flexibility index (Phi) is 4.36. The Hall–Kier alpha value is -1.36. The van der Waals surface area contributed by atoms with Crippen molar-refractivity contribution in [2.24, 2.45) is 11.7 Å². The van der Waals surface area contributed by atoms with Crippen molar-refractivity contribution < 1.29 is 4.74 Å². The molecule has 0 bridgehead atoms. The Bertz CT molecular complexity index is 385. The van der Waals surface area contributed by atoms with E-state index in [0.29, 0.717) is 18.5 Å². The van der Waals surface area contributed by atoms with Crippen molar-refractivity contribution in [3.05, 3.63) is 12.4 Å². The fraction of sp³-hybridized carbons (Fsp3) is 0.692. The van der Waals surface area contributed by atoms with Crippen LogP contribution in [-0.4, -0.2) is 36.2 Å². The predicted octanol–water partition coefficient (Wildman–Crippen LogP) is 1.44. The Morgan fingerprint density at radius 1 is 1.50 bits per heavy atom. The van der Waals surface area contributed by atoms with Crippen LogP contribution in [0.1, 0.15) is 26.2 Å². The van der Waals surface area contributed by atoms with Gasteiger partial charge in [-0.05, 0) is 18.8 Å². The summed E-state index contributed by atoms with van der Waals surface area (Å²) in [7, 11) is 1.61. The van der Waals surface area contributed by atoms with Gasteiger partial charge in [0, 0.05) is 19.1 Å². The zero-order chi connectivity index (χ0) is 13.0. The Morgan fingerprint density at radius 2 is 2.33 bits per heavy atom. The zero-order valence-electron chi connectivity index (χ0n) is 11.2. The summed E-state index contributed by atoms with van der Waals surface area (Å²) in [5.74, 6) is 2.22. The molecule has 0 aliphatic carbocycles. The van der Waals surface area contributed by atoms with Crippen LogP contribution in [0.15, 0.2) is 12.4 Å². The van der Waals surface area contributed by atoms with Gasteiger partial charge in [0.05, 0.1) is 19.5 Å². The topological polar surface area (TPSA) is 64.3 Å². The minimum atomic E-state index is 0.366. The Labute approximate surface area is 108 Å². The molecule has 0 aromatic carbocycles.